The number of rotatable bonds is 2. The highest BCUT2D eigenvalue weighted by molar-refractivity contribution is 6.31. The van der Waals surface area contributed by atoms with Gasteiger partial charge < -0.3 is 10.6 Å². The van der Waals surface area contributed by atoms with E-state index < -0.39 is 22.7 Å². The zero-order chi connectivity index (χ0) is 15.2. The van der Waals surface area contributed by atoms with Crippen LogP contribution in [0.25, 0.3) is 0 Å². The van der Waals surface area contributed by atoms with Crippen molar-refractivity contribution in [2.24, 2.45) is 0 Å². The number of pyridine rings is 1. The van der Waals surface area contributed by atoms with Gasteiger partial charge >= 0.3 is 6.18 Å². The van der Waals surface area contributed by atoms with Gasteiger partial charge in [0.05, 0.1) is 10.6 Å². The Kier molecular flexibility index (Phi) is 3.57. The number of fused-ring (bicyclic) bond motifs is 2. The Balaban J connectivity index is 1.72. The molecule has 8 heteroatoms. The van der Waals surface area contributed by atoms with E-state index in [1.54, 1.807) is 0 Å². The summed E-state index contributed by atoms with van der Waals surface area (Å²) in [6.45, 7) is 0. The van der Waals surface area contributed by atoms with E-state index in [1.807, 2.05) is 0 Å². The molecule has 0 unspecified atom stereocenters. The number of halogens is 4. The first-order chi connectivity index (χ1) is 9.84. The van der Waals surface area contributed by atoms with Gasteiger partial charge in [-0.3, -0.25) is 9.78 Å². The third-order valence-corrected chi connectivity index (χ3v) is 4.32. The molecule has 1 aromatic rings. The lowest BCUT2D eigenvalue weighted by Gasteiger charge is -2.21. The van der Waals surface area contributed by atoms with Crippen molar-refractivity contribution in [3.05, 3.63) is 28.5 Å². The summed E-state index contributed by atoms with van der Waals surface area (Å²) in [6.07, 6.45) is -1.05. The molecule has 3 atom stereocenters. The van der Waals surface area contributed by atoms with Crippen LogP contribution in [0.3, 0.4) is 0 Å². The average molecular weight is 320 g/mol. The smallest absolute Gasteiger partial charge is 0.346 e. The number of hydrogen-bond acceptors (Lipinski definition) is 3. The molecule has 0 radical (unpaired) electrons. The number of carbonyl (C=O) groups excluding carboxylic acids is 1. The molecule has 114 valence electrons. The molecular formula is C13H13ClF3N3O. The number of amides is 1. The average Bonchev–Trinajstić information content (AvgIpc) is 2.99. The number of hydrogen-bond donors (Lipinski definition) is 2. The van der Waals surface area contributed by atoms with Gasteiger partial charge in [-0.1, -0.05) is 11.6 Å². The Morgan fingerprint density at radius 1 is 1.43 bits per heavy atom. The van der Waals surface area contributed by atoms with E-state index >= 15 is 0 Å². The second kappa shape index (κ2) is 5.14. The summed E-state index contributed by atoms with van der Waals surface area (Å²) in [7, 11) is 0. The van der Waals surface area contributed by atoms with Crippen LogP contribution < -0.4 is 10.6 Å². The predicted octanol–water partition coefficient (Wildman–Crippen LogP) is 2.38. The molecule has 2 N–H and O–H groups in total. The normalized spacial score (nSPS) is 27.9. The Bertz CT molecular complexity index is 578. The summed E-state index contributed by atoms with van der Waals surface area (Å²) in [6, 6.07) is 1.62. The maximum atomic E-state index is 12.6. The molecule has 2 aliphatic rings. The van der Waals surface area contributed by atoms with Gasteiger partial charge in [-0.05, 0) is 25.3 Å². The van der Waals surface area contributed by atoms with Crippen molar-refractivity contribution in [1.82, 2.24) is 15.6 Å². The molecule has 0 saturated carbocycles. The fourth-order valence-corrected chi connectivity index (χ4v) is 3.25. The number of aromatic nitrogens is 1. The van der Waals surface area contributed by atoms with E-state index in [-0.39, 0.29) is 17.8 Å². The zero-order valence-electron chi connectivity index (χ0n) is 10.9. The molecule has 0 aliphatic carbocycles. The molecular weight excluding hydrogens is 307 g/mol. The third-order valence-electron chi connectivity index (χ3n) is 4.01. The number of nitrogens with zero attached hydrogens (tertiary/aromatic N) is 1. The lowest BCUT2D eigenvalue weighted by Crippen LogP contribution is -2.43. The molecule has 2 fully saturated rings. The van der Waals surface area contributed by atoms with Gasteiger partial charge in [0.15, 0.2) is 0 Å². The maximum Gasteiger partial charge on any atom is 0.419 e. The van der Waals surface area contributed by atoms with Crippen molar-refractivity contribution in [3.8, 4) is 0 Å². The number of nitrogens with one attached hydrogen (secondary N) is 2. The molecule has 1 amide bonds. The van der Waals surface area contributed by atoms with Gasteiger partial charge in [-0.2, -0.15) is 13.2 Å². The summed E-state index contributed by atoms with van der Waals surface area (Å²) < 4.78 is 37.7. The van der Waals surface area contributed by atoms with Crippen LogP contribution in [0.4, 0.5) is 13.2 Å². The van der Waals surface area contributed by atoms with E-state index in [0.717, 1.165) is 25.3 Å². The first-order valence-corrected chi connectivity index (χ1v) is 7.02. The van der Waals surface area contributed by atoms with Crippen LogP contribution in [0.5, 0.6) is 0 Å². The lowest BCUT2D eigenvalue weighted by molar-refractivity contribution is -0.137. The van der Waals surface area contributed by atoms with Crippen LogP contribution in [-0.4, -0.2) is 29.0 Å². The van der Waals surface area contributed by atoms with Crippen LogP contribution >= 0.6 is 11.6 Å². The fraction of sp³-hybridized carbons (Fsp3) is 0.538. The quantitative estimate of drug-likeness (QED) is 0.880. The van der Waals surface area contributed by atoms with Gasteiger partial charge in [0.2, 0.25) is 0 Å². The van der Waals surface area contributed by atoms with E-state index in [2.05, 4.69) is 15.6 Å². The SMILES string of the molecule is O=C(N[C@@H]1C[C@H]2CC[C@@H]1N2)c1cc(Cl)c(C(F)(F)F)cn1. The zero-order valence-corrected chi connectivity index (χ0v) is 11.6. The Labute approximate surface area is 124 Å². The number of carbonyl (C=O) groups is 1. The van der Waals surface area contributed by atoms with E-state index in [1.165, 1.54) is 0 Å². The van der Waals surface area contributed by atoms with Crippen LogP contribution in [0.15, 0.2) is 12.3 Å². The summed E-state index contributed by atoms with van der Waals surface area (Å²) in [4.78, 5) is 15.6. The Hall–Kier alpha value is -1.34. The topological polar surface area (TPSA) is 54.0 Å². The maximum absolute atomic E-state index is 12.6. The van der Waals surface area contributed by atoms with Gasteiger partial charge in [-0.15, -0.1) is 0 Å². The van der Waals surface area contributed by atoms with Crippen molar-refractivity contribution >= 4 is 17.5 Å². The molecule has 0 spiro atoms. The second-order valence-electron chi connectivity index (χ2n) is 5.41. The summed E-state index contributed by atoms with van der Waals surface area (Å²) in [5.74, 6) is -0.495. The highest BCUT2D eigenvalue weighted by atomic mass is 35.5. The van der Waals surface area contributed by atoms with Crippen molar-refractivity contribution in [2.45, 2.75) is 43.6 Å². The molecule has 3 heterocycles. The van der Waals surface area contributed by atoms with E-state index in [4.69, 9.17) is 11.6 Å². The fourth-order valence-electron chi connectivity index (χ4n) is 2.99. The molecule has 3 rings (SSSR count). The molecule has 0 aromatic carbocycles. The summed E-state index contributed by atoms with van der Waals surface area (Å²) >= 11 is 5.59. The van der Waals surface area contributed by atoms with E-state index in [9.17, 15) is 18.0 Å². The minimum atomic E-state index is -4.58. The van der Waals surface area contributed by atoms with Gasteiger partial charge in [0.25, 0.3) is 5.91 Å². The molecule has 4 nitrogen and oxygen atoms in total. The standard InChI is InChI=1S/C13H13ClF3N3O/c14-8-4-11(18-5-7(8)13(15,16)17)12(21)20-10-3-6-1-2-9(10)19-6/h4-6,9-10,19H,1-3H2,(H,20,21)/t6-,9+,10-/m1/s1. The van der Waals surface area contributed by atoms with Crippen molar-refractivity contribution in [3.63, 3.8) is 0 Å². The van der Waals surface area contributed by atoms with Crippen LogP contribution in [0, 0.1) is 0 Å². The van der Waals surface area contributed by atoms with Crippen LogP contribution in [-0.2, 0) is 6.18 Å². The minimum absolute atomic E-state index is 0.000817. The molecule has 2 saturated heterocycles. The molecule has 2 bridgehead atoms. The first kappa shape index (κ1) is 14.6. The first-order valence-electron chi connectivity index (χ1n) is 6.64. The third kappa shape index (κ3) is 2.85. The van der Waals surface area contributed by atoms with Crippen molar-refractivity contribution in [1.29, 1.82) is 0 Å². The predicted molar refractivity (Wildman–Crippen MR) is 70.1 cm³/mol. The summed E-state index contributed by atoms with van der Waals surface area (Å²) in [5.41, 5.74) is -1.14. The summed E-state index contributed by atoms with van der Waals surface area (Å²) in [5, 5.41) is 5.65. The highest BCUT2D eigenvalue weighted by Crippen LogP contribution is 2.34. The van der Waals surface area contributed by atoms with E-state index in [0.29, 0.717) is 12.2 Å². The highest BCUT2D eigenvalue weighted by Gasteiger charge is 2.40. The Morgan fingerprint density at radius 2 is 2.19 bits per heavy atom. The molecule has 2 aliphatic heterocycles. The van der Waals surface area contributed by atoms with Crippen LogP contribution in [0.2, 0.25) is 5.02 Å². The lowest BCUT2D eigenvalue weighted by atomic mass is 9.95. The Morgan fingerprint density at radius 3 is 2.71 bits per heavy atom. The monoisotopic (exact) mass is 319 g/mol. The van der Waals surface area contributed by atoms with Crippen LogP contribution in [0.1, 0.15) is 35.3 Å². The largest absolute Gasteiger partial charge is 0.419 e. The van der Waals surface area contributed by atoms with Crippen molar-refractivity contribution in [2.75, 3.05) is 0 Å². The molecule has 21 heavy (non-hydrogen) atoms. The van der Waals surface area contributed by atoms with Crippen molar-refractivity contribution < 1.29 is 18.0 Å². The second-order valence-corrected chi connectivity index (χ2v) is 5.82. The van der Waals surface area contributed by atoms with Gasteiger partial charge in [-0.25, -0.2) is 0 Å². The minimum Gasteiger partial charge on any atom is -0.346 e. The molecule has 1 aromatic heterocycles. The van der Waals surface area contributed by atoms with Gasteiger partial charge in [0.1, 0.15) is 5.69 Å². The number of alkyl halides is 3. The van der Waals surface area contributed by atoms with Gasteiger partial charge in [0, 0.05) is 24.3 Å².